The lowest BCUT2D eigenvalue weighted by Gasteiger charge is -2.10. The van der Waals surface area contributed by atoms with Crippen molar-refractivity contribution in [3.8, 4) is 5.75 Å². The van der Waals surface area contributed by atoms with E-state index in [9.17, 15) is 4.79 Å². The van der Waals surface area contributed by atoms with E-state index in [4.69, 9.17) is 4.74 Å². The van der Waals surface area contributed by atoms with Crippen LogP contribution in [0.4, 0.5) is 5.95 Å². The number of thiophene rings is 1. The number of anilines is 1. The molecule has 3 rings (SSSR count). The number of nitrogens with one attached hydrogen (secondary N) is 1. The maximum atomic E-state index is 12.2. The number of nitrogens with zero attached hydrogens (tertiary/aromatic N) is 2. The van der Waals surface area contributed by atoms with Gasteiger partial charge in [0.15, 0.2) is 0 Å². The first-order chi connectivity index (χ1) is 10.7. The molecular weight excluding hydrogens is 298 g/mol. The summed E-state index contributed by atoms with van der Waals surface area (Å²) >= 11 is 1.42. The number of hydrogen-bond acceptors (Lipinski definition) is 5. The second-order valence-electron chi connectivity index (χ2n) is 4.96. The molecule has 0 atom stereocenters. The highest BCUT2D eigenvalue weighted by Gasteiger charge is 2.08. The lowest BCUT2D eigenvalue weighted by Crippen LogP contribution is -2.22. The van der Waals surface area contributed by atoms with Crippen LogP contribution in [0.15, 0.2) is 40.5 Å². The Morgan fingerprint density at radius 3 is 3.05 bits per heavy atom. The molecule has 0 aliphatic rings. The van der Waals surface area contributed by atoms with Crippen molar-refractivity contribution in [1.29, 1.82) is 0 Å². The van der Waals surface area contributed by atoms with Crippen LogP contribution in [0.1, 0.15) is 5.56 Å². The summed E-state index contributed by atoms with van der Waals surface area (Å²) in [5, 5.41) is 5.13. The maximum Gasteiger partial charge on any atom is 0.272 e. The van der Waals surface area contributed by atoms with Gasteiger partial charge >= 0.3 is 0 Å². The Bertz CT molecular complexity index is 854. The van der Waals surface area contributed by atoms with Crippen LogP contribution in [0.5, 0.6) is 5.75 Å². The molecule has 5 nitrogen and oxygen atoms in total. The number of ether oxygens (including phenoxy) is 1. The average molecular weight is 315 g/mol. The topological polar surface area (TPSA) is 56.1 Å². The van der Waals surface area contributed by atoms with Crippen LogP contribution in [0.3, 0.4) is 0 Å². The maximum absolute atomic E-state index is 12.2. The minimum Gasteiger partial charge on any atom is -0.497 e. The van der Waals surface area contributed by atoms with Gasteiger partial charge in [-0.1, -0.05) is 12.1 Å². The zero-order valence-corrected chi connectivity index (χ0v) is 13.3. The fourth-order valence-corrected chi connectivity index (χ4v) is 3.10. The normalized spacial score (nSPS) is 10.8. The standard InChI is InChI=1S/C16H17N3O2S/c1-19-15(20)14-13(7-9-22-14)18-16(19)17-8-6-11-4-3-5-12(10-11)21-2/h3-5,7,9-10H,6,8H2,1-2H3,(H,17,18). The molecule has 0 saturated heterocycles. The molecule has 22 heavy (non-hydrogen) atoms. The van der Waals surface area contributed by atoms with E-state index in [0.29, 0.717) is 17.2 Å². The van der Waals surface area contributed by atoms with E-state index in [-0.39, 0.29) is 5.56 Å². The molecule has 0 spiro atoms. The van der Waals surface area contributed by atoms with Crippen molar-refractivity contribution >= 4 is 27.5 Å². The first-order valence-electron chi connectivity index (χ1n) is 7.00. The Balaban J connectivity index is 1.73. The smallest absolute Gasteiger partial charge is 0.272 e. The zero-order chi connectivity index (χ0) is 15.5. The van der Waals surface area contributed by atoms with Crippen molar-refractivity contribution in [1.82, 2.24) is 9.55 Å². The van der Waals surface area contributed by atoms with E-state index in [1.807, 2.05) is 29.6 Å². The van der Waals surface area contributed by atoms with Crippen molar-refractivity contribution in [3.05, 3.63) is 51.6 Å². The first kappa shape index (κ1) is 14.6. The molecule has 1 N–H and O–H groups in total. The Hall–Kier alpha value is -2.34. The van der Waals surface area contributed by atoms with Crippen molar-refractivity contribution in [2.45, 2.75) is 6.42 Å². The fraction of sp³-hybridized carbons (Fsp3) is 0.250. The minimum atomic E-state index is -0.0103. The van der Waals surface area contributed by atoms with Gasteiger partial charge in [0.2, 0.25) is 5.95 Å². The highest BCUT2D eigenvalue weighted by molar-refractivity contribution is 7.17. The van der Waals surface area contributed by atoms with Crippen molar-refractivity contribution < 1.29 is 4.74 Å². The first-order valence-corrected chi connectivity index (χ1v) is 7.88. The largest absolute Gasteiger partial charge is 0.497 e. The predicted molar refractivity (Wildman–Crippen MR) is 90.0 cm³/mol. The molecule has 0 amide bonds. The van der Waals surface area contributed by atoms with Gasteiger partial charge in [0.1, 0.15) is 10.4 Å². The van der Waals surface area contributed by atoms with Gasteiger partial charge in [-0.05, 0) is 35.6 Å². The van der Waals surface area contributed by atoms with Gasteiger partial charge in [0.05, 0.1) is 12.6 Å². The summed E-state index contributed by atoms with van der Waals surface area (Å²) in [6.45, 7) is 0.698. The molecule has 2 aromatic heterocycles. The average Bonchev–Trinajstić information content (AvgIpc) is 3.01. The summed E-state index contributed by atoms with van der Waals surface area (Å²) in [6.07, 6.45) is 0.828. The van der Waals surface area contributed by atoms with Gasteiger partial charge in [0.25, 0.3) is 5.56 Å². The minimum absolute atomic E-state index is 0.0103. The summed E-state index contributed by atoms with van der Waals surface area (Å²) in [6, 6.07) is 9.83. The van der Waals surface area contributed by atoms with E-state index < -0.39 is 0 Å². The Morgan fingerprint density at radius 1 is 1.36 bits per heavy atom. The van der Waals surface area contributed by atoms with Gasteiger partial charge in [0, 0.05) is 13.6 Å². The van der Waals surface area contributed by atoms with E-state index in [0.717, 1.165) is 17.7 Å². The fourth-order valence-electron chi connectivity index (χ4n) is 2.29. The Kier molecular flexibility index (Phi) is 4.11. The lowest BCUT2D eigenvalue weighted by molar-refractivity contribution is 0.414. The highest BCUT2D eigenvalue weighted by Crippen LogP contribution is 2.17. The molecule has 3 aromatic rings. The van der Waals surface area contributed by atoms with Crippen LogP contribution in [-0.4, -0.2) is 23.2 Å². The molecule has 0 aliphatic heterocycles. The predicted octanol–water partition coefficient (Wildman–Crippen LogP) is 2.66. The van der Waals surface area contributed by atoms with Gasteiger partial charge < -0.3 is 10.1 Å². The van der Waals surface area contributed by atoms with Crippen LogP contribution in [0.25, 0.3) is 10.2 Å². The van der Waals surface area contributed by atoms with Gasteiger partial charge in [-0.25, -0.2) is 4.98 Å². The molecule has 0 unspecified atom stereocenters. The third-order valence-corrected chi connectivity index (χ3v) is 4.41. The summed E-state index contributed by atoms with van der Waals surface area (Å²) in [5.74, 6) is 1.45. The molecule has 0 aliphatic carbocycles. The van der Waals surface area contributed by atoms with Crippen molar-refractivity contribution in [2.75, 3.05) is 19.0 Å². The van der Waals surface area contributed by atoms with Crippen LogP contribution in [0.2, 0.25) is 0 Å². The number of rotatable bonds is 5. The molecule has 1 aromatic carbocycles. The van der Waals surface area contributed by atoms with Crippen LogP contribution in [-0.2, 0) is 13.5 Å². The third kappa shape index (κ3) is 2.82. The van der Waals surface area contributed by atoms with Gasteiger partial charge in [-0.3, -0.25) is 9.36 Å². The third-order valence-electron chi connectivity index (χ3n) is 3.52. The lowest BCUT2D eigenvalue weighted by atomic mass is 10.1. The summed E-state index contributed by atoms with van der Waals surface area (Å²) in [7, 11) is 3.40. The molecule has 2 heterocycles. The zero-order valence-electron chi connectivity index (χ0n) is 12.5. The molecule has 114 valence electrons. The number of benzene rings is 1. The number of methoxy groups -OCH3 is 1. The molecular formula is C16H17N3O2S. The molecule has 0 radical (unpaired) electrons. The van der Waals surface area contributed by atoms with Crippen LogP contribution in [0, 0.1) is 0 Å². The molecule has 0 fully saturated rings. The quantitative estimate of drug-likeness (QED) is 0.786. The van der Waals surface area contributed by atoms with Gasteiger partial charge in [-0.15, -0.1) is 11.3 Å². The SMILES string of the molecule is COc1cccc(CCNc2nc3ccsc3c(=O)n2C)c1. The van der Waals surface area contributed by atoms with Crippen molar-refractivity contribution in [3.63, 3.8) is 0 Å². The van der Waals surface area contributed by atoms with Crippen molar-refractivity contribution in [2.24, 2.45) is 7.05 Å². The van der Waals surface area contributed by atoms with Gasteiger partial charge in [-0.2, -0.15) is 0 Å². The number of aromatic nitrogens is 2. The summed E-state index contributed by atoms with van der Waals surface area (Å²) in [5.41, 5.74) is 1.91. The number of fused-ring (bicyclic) bond motifs is 1. The van der Waals surface area contributed by atoms with E-state index in [1.54, 1.807) is 18.7 Å². The van der Waals surface area contributed by atoms with Crippen LogP contribution < -0.4 is 15.6 Å². The van der Waals surface area contributed by atoms with Crippen LogP contribution >= 0.6 is 11.3 Å². The molecule has 0 saturated carbocycles. The second-order valence-corrected chi connectivity index (χ2v) is 5.88. The highest BCUT2D eigenvalue weighted by atomic mass is 32.1. The molecule has 6 heteroatoms. The van der Waals surface area contributed by atoms with E-state index >= 15 is 0 Å². The monoisotopic (exact) mass is 315 g/mol. The molecule has 0 bridgehead atoms. The summed E-state index contributed by atoms with van der Waals surface area (Å²) < 4.78 is 7.47. The number of hydrogen-bond donors (Lipinski definition) is 1. The second kappa shape index (κ2) is 6.19. The van der Waals surface area contributed by atoms with E-state index in [2.05, 4.69) is 16.4 Å². The van der Waals surface area contributed by atoms with E-state index in [1.165, 1.54) is 16.9 Å². The Morgan fingerprint density at radius 2 is 2.23 bits per heavy atom. The summed E-state index contributed by atoms with van der Waals surface area (Å²) in [4.78, 5) is 16.7. The Labute approximate surface area is 132 Å².